The molecule has 0 aromatic heterocycles. The van der Waals surface area contributed by atoms with Crippen molar-refractivity contribution in [3.8, 4) is 0 Å². The Morgan fingerprint density at radius 3 is 2.32 bits per heavy atom. The van der Waals surface area contributed by atoms with Crippen LogP contribution in [0.4, 0.5) is 8.78 Å². The first-order chi connectivity index (χ1) is 9.10. The van der Waals surface area contributed by atoms with Gasteiger partial charge in [-0.05, 0) is 35.2 Å². The lowest BCUT2D eigenvalue weighted by Crippen LogP contribution is -2.02. The van der Waals surface area contributed by atoms with E-state index in [1.54, 1.807) is 6.07 Å². The van der Waals surface area contributed by atoms with Crippen LogP contribution in [0.25, 0.3) is 0 Å². The number of aryl methyl sites for hydroxylation is 1. The smallest absolute Gasteiger partial charge is 0.126 e. The van der Waals surface area contributed by atoms with Crippen LogP contribution in [0.3, 0.4) is 0 Å². The molecule has 2 rings (SSSR count). The topological polar surface area (TPSA) is 20.2 Å². The van der Waals surface area contributed by atoms with Gasteiger partial charge in [-0.25, -0.2) is 8.78 Å². The molecule has 1 unspecified atom stereocenters. The van der Waals surface area contributed by atoms with Gasteiger partial charge in [-0.3, -0.25) is 0 Å². The van der Waals surface area contributed by atoms with E-state index in [2.05, 4.69) is 6.92 Å². The molecule has 0 heterocycles. The number of benzene rings is 2. The summed E-state index contributed by atoms with van der Waals surface area (Å²) in [4.78, 5) is 0. The second kappa shape index (κ2) is 5.93. The molecular weight excluding hydrogens is 246 g/mol. The minimum absolute atomic E-state index is 0.228. The van der Waals surface area contributed by atoms with Gasteiger partial charge in [0.1, 0.15) is 17.7 Å². The highest BCUT2D eigenvalue weighted by atomic mass is 19.1. The lowest BCUT2D eigenvalue weighted by molar-refractivity contribution is 0.219. The van der Waals surface area contributed by atoms with E-state index in [0.29, 0.717) is 5.56 Å². The Morgan fingerprint density at radius 2 is 1.68 bits per heavy atom. The average molecular weight is 262 g/mol. The molecule has 2 aromatic rings. The van der Waals surface area contributed by atoms with Gasteiger partial charge in [0.2, 0.25) is 0 Å². The van der Waals surface area contributed by atoms with E-state index in [1.165, 1.54) is 0 Å². The standard InChI is InChI=1S/C16H16F2O/c1-2-4-11-5-3-6-12(7-11)16(19)13-8-14(17)10-15(18)9-13/h3,5-10,16,19H,2,4H2,1H3. The van der Waals surface area contributed by atoms with Crippen LogP contribution >= 0.6 is 0 Å². The van der Waals surface area contributed by atoms with E-state index in [4.69, 9.17) is 0 Å². The molecule has 0 spiro atoms. The molecule has 2 aromatic carbocycles. The molecular formula is C16H16F2O. The maximum absolute atomic E-state index is 13.2. The zero-order chi connectivity index (χ0) is 13.8. The van der Waals surface area contributed by atoms with E-state index in [9.17, 15) is 13.9 Å². The summed E-state index contributed by atoms with van der Waals surface area (Å²) in [6.45, 7) is 2.07. The Kier molecular flexibility index (Phi) is 4.27. The average Bonchev–Trinajstić information content (AvgIpc) is 2.37. The maximum Gasteiger partial charge on any atom is 0.126 e. The minimum Gasteiger partial charge on any atom is -0.384 e. The van der Waals surface area contributed by atoms with Crippen LogP contribution in [-0.2, 0) is 6.42 Å². The van der Waals surface area contributed by atoms with E-state index in [0.717, 1.165) is 36.6 Å². The van der Waals surface area contributed by atoms with Crippen molar-refractivity contribution in [2.75, 3.05) is 0 Å². The van der Waals surface area contributed by atoms with Crippen LogP contribution < -0.4 is 0 Å². The van der Waals surface area contributed by atoms with Gasteiger partial charge in [0.05, 0.1) is 0 Å². The molecule has 0 aliphatic heterocycles. The van der Waals surface area contributed by atoms with Gasteiger partial charge in [-0.2, -0.15) is 0 Å². The summed E-state index contributed by atoms with van der Waals surface area (Å²) in [6.07, 6.45) is 0.911. The van der Waals surface area contributed by atoms with Gasteiger partial charge in [-0.1, -0.05) is 37.6 Å². The third-order valence-corrected chi connectivity index (χ3v) is 3.01. The third kappa shape index (κ3) is 3.38. The van der Waals surface area contributed by atoms with Crippen molar-refractivity contribution in [3.63, 3.8) is 0 Å². The molecule has 0 aliphatic rings. The van der Waals surface area contributed by atoms with Crippen molar-refractivity contribution in [2.45, 2.75) is 25.9 Å². The zero-order valence-corrected chi connectivity index (χ0v) is 10.7. The second-order valence-corrected chi connectivity index (χ2v) is 4.60. The molecule has 0 amide bonds. The van der Waals surface area contributed by atoms with Gasteiger partial charge >= 0.3 is 0 Å². The van der Waals surface area contributed by atoms with Crippen molar-refractivity contribution in [1.29, 1.82) is 0 Å². The van der Waals surface area contributed by atoms with Crippen LogP contribution in [0.15, 0.2) is 42.5 Å². The van der Waals surface area contributed by atoms with Crippen molar-refractivity contribution in [3.05, 3.63) is 70.8 Å². The van der Waals surface area contributed by atoms with Gasteiger partial charge in [0.25, 0.3) is 0 Å². The van der Waals surface area contributed by atoms with Crippen LogP contribution in [0.2, 0.25) is 0 Å². The quantitative estimate of drug-likeness (QED) is 0.883. The largest absolute Gasteiger partial charge is 0.384 e. The first kappa shape index (κ1) is 13.7. The van der Waals surface area contributed by atoms with Crippen molar-refractivity contribution in [2.24, 2.45) is 0 Å². The molecule has 1 atom stereocenters. The number of aliphatic hydroxyl groups excluding tert-OH is 1. The molecule has 0 fully saturated rings. The van der Waals surface area contributed by atoms with Crippen molar-refractivity contribution < 1.29 is 13.9 Å². The van der Waals surface area contributed by atoms with Crippen LogP contribution in [0.1, 0.15) is 36.1 Å². The molecule has 1 N–H and O–H groups in total. The van der Waals surface area contributed by atoms with Crippen LogP contribution in [0.5, 0.6) is 0 Å². The monoisotopic (exact) mass is 262 g/mol. The van der Waals surface area contributed by atoms with Gasteiger partial charge in [0, 0.05) is 6.07 Å². The summed E-state index contributed by atoms with van der Waals surface area (Å²) in [5, 5.41) is 10.2. The molecule has 0 saturated heterocycles. The lowest BCUT2D eigenvalue weighted by Gasteiger charge is -2.13. The summed E-state index contributed by atoms with van der Waals surface area (Å²) < 4.78 is 26.3. The number of aliphatic hydroxyl groups is 1. The molecule has 0 radical (unpaired) electrons. The molecule has 0 bridgehead atoms. The predicted molar refractivity (Wildman–Crippen MR) is 70.9 cm³/mol. The SMILES string of the molecule is CCCc1cccc(C(O)c2cc(F)cc(F)c2)c1. The molecule has 3 heteroatoms. The lowest BCUT2D eigenvalue weighted by atomic mass is 9.98. The molecule has 0 saturated carbocycles. The Bertz CT molecular complexity index is 546. The normalized spacial score (nSPS) is 12.4. The Balaban J connectivity index is 2.32. The van der Waals surface area contributed by atoms with Crippen LogP contribution in [0, 0.1) is 11.6 Å². The number of hydrogen-bond acceptors (Lipinski definition) is 1. The molecule has 0 aliphatic carbocycles. The summed E-state index contributed by atoms with van der Waals surface area (Å²) in [5.74, 6) is -1.36. The zero-order valence-electron chi connectivity index (χ0n) is 10.7. The van der Waals surface area contributed by atoms with Crippen molar-refractivity contribution in [1.82, 2.24) is 0 Å². The fourth-order valence-corrected chi connectivity index (χ4v) is 2.13. The summed E-state index contributed by atoms with van der Waals surface area (Å²) >= 11 is 0. The number of hydrogen-bond donors (Lipinski definition) is 1. The number of rotatable bonds is 4. The predicted octanol–water partition coefficient (Wildman–Crippen LogP) is 4.00. The van der Waals surface area contributed by atoms with E-state index >= 15 is 0 Å². The highest BCUT2D eigenvalue weighted by Crippen LogP contribution is 2.24. The van der Waals surface area contributed by atoms with Gasteiger partial charge in [0.15, 0.2) is 0 Å². The highest BCUT2D eigenvalue weighted by molar-refractivity contribution is 5.33. The van der Waals surface area contributed by atoms with Gasteiger partial charge in [-0.15, -0.1) is 0 Å². The molecule has 19 heavy (non-hydrogen) atoms. The fraction of sp³-hybridized carbons (Fsp3) is 0.250. The Morgan fingerprint density at radius 1 is 1.00 bits per heavy atom. The van der Waals surface area contributed by atoms with E-state index < -0.39 is 17.7 Å². The maximum atomic E-state index is 13.2. The first-order valence-corrected chi connectivity index (χ1v) is 6.33. The first-order valence-electron chi connectivity index (χ1n) is 6.33. The summed E-state index contributed by atoms with van der Waals surface area (Å²) in [5.41, 5.74) is 1.98. The van der Waals surface area contributed by atoms with Crippen LogP contribution in [-0.4, -0.2) is 5.11 Å². The second-order valence-electron chi connectivity index (χ2n) is 4.60. The molecule has 1 nitrogen and oxygen atoms in total. The Hall–Kier alpha value is -1.74. The highest BCUT2D eigenvalue weighted by Gasteiger charge is 2.13. The molecule has 100 valence electrons. The summed E-state index contributed by atoms with van der Waals surface area (Å²) in [6, 6.07) is 10.6. The van der Waals surface area contributed by atoms with Gasteiger partial charge < -0.3 is 5.11 Å². The van der Waals surface area contributed by atoms with E-state index in [-0.39, 0.29) is 5.56 Å². The Labute approximate surface area is 111 Å². The fourth-order valence-electron chi connectivity index (χ4n) is 2.13. The third-order valence-electron chi connectivity index (χ3n) is 3.01. The number of halogens is 2. The van der Waals surface area contributed by atoms with E-state index in [1.807, 2.05) is 18.2 Å². The van der Waals surface area contributed by atoms with Crippen molar-refractivity contribution >= 4 is 0 Å². The minimum atomic E-state index is -1.01. The summed E-state index contributed by atoms with van der Waals surface area (Å²) in [7, 11) is 0.